The van der Waals surface area contributed by atoms with Crippen molar-refractivity contribution in [3.8, 4) is 0 Å². The monoisotopic (exact) mass is 226 g/mol. The minimum atomic E-state index is -0.746. The maximum absolute atomic E-state index is 10.8. The molecule has 0 aliphatic rings. The van der Waals surface area contributed by atoms with E-state index in [1.54, 1.807) is 6.92 Å². The molecule has 0 radical (unpaired) electrons. The lowest BCUT2D eigenvalue weighted by molar-refractivity contribution is -0.142. The third kappa shape index (κ3) is 3.56. The van der Waals surface area contributed by atoms with Crippen molar-refractivity contribution in [2.45, 2.75) is 20.3 Å². The van der Waals surface area contributed by atoms with Crippen LogP contribution >= 0.6 is 11.6 Å². The summed E-state index contributed by atoms with van der Waals surface area (Å²) in [6.45, 7) is 3.68. The quantitative estimate of drug-likeness (QED) is 0.856. The number of carbonyl (C=O) groups is 1. The van der Waals surface area contributed by atoms with E-state index in [4.69, 9.17) is 16.7 Å². The zero-order valence-corrected chi connectivity index (χ0v) is 9.66. The molecule has 0 aromatic heterocycles. The summed E-state index contributed by atoms with van der Waals surface area (Å²) in [4.78, 5) is 10.8. The largest absolute Gasteiger partial charge is 0.481 e. The van der Waals surface area contributed by atoms with E-state index in [9.17, 15) is 4.79 Å². The SMILES string of the molecule is CC(Cc1cccc(Cl)c1)C(C)C(=O)O. The molecule has 0 spiro atoms. The predicted octanol–water partition coefficient (Wildman–Crippen LogP) is 3.24. The zero-order valence-electron chi connectivity index (χ0n) is 8.90. The van der Waals surface area contributed by atoms with Gasteiger partial charge in [0.05, 0.1) is 5.92 Å². The molecular weight excluding hydrogens is 212 g/mol. The van der Waals surface area contributed by atoms with Crippen LogP contribution in [-0.2, 0) is 11.2 Å². The second-order valence-electron chi connectivity index (χ2n) is 3.94. The standard InChI is InChI=1S/C12H15ClO2/c1-8(9(2)12(14)15)6-10-4-3-5-11(13)7-10/h3-5,7-9H,6H2,1-2H3,(H,14,15). The molecule has 2 atom stereocenters. The Balaban J connectivity index is 2.66. The van der Waals surface area contributed by atoms with Gasteiger partial charge in [0, 0.05) is 5.02 Å². The lowest BCUT2D eigenvalue weighted by Crippen LogP contribution is -2.19. The fraction of sp³-hybridized carbons (Fsp3) is 0.417. The van der Waals surface area contributed by atoms with Gasteiger partial charge >= 0.3 is 5.97 Å². The Labute approximate surface area is 94.9 Å². The molecule has 0 aliphatic heterocycles. The Kier molecular flexibility index (Phi) is 4.15. The van der Waals surface area contributed by atoms with Gasteiger partial charge in [-0.2, -0.15) is 0 Å². The number of hydrogen-bond donors (Lipinski definition) is 1. The van der Waals surface area contributed by atoms with Crippen molar-refractivity contribution < 1.29 is 9.90 Å². The molecule has 1 N–H and O–H groups in total. The van der Waals surface area contributed by atoms with Gasteiger partial charge in [-0.05, 0) is 30.0 Å². The number of aliphatic carboxylic acids is 1. The summed E-state index contributed by atoms with van der Waals surface area (Å²) in [5.74, 6) is -0.963. The Morgan fingerprint density at radius 3 is 2.67 bits per heavy atom. The van der Waals surface area contributed by atoms with Crippen molar-refractivity contribution in [2.75, 3.05) is 0 Å². The van der Waals surface area contributed by atoms with Crippen LogP contribution in [0.4, 0.5) is 0 Å². The average Bonchev–Trinajstić information content (AvgIpc) is 2.16. The average molecular weight is 227 g/mol. The van der Waals surface area contributed by atoms with E-state index in [-0.39, 0.29) is 11.8 Å². The van der Waals surface area contributed by atoms with Crippen LogP contribution in [0.15, 0.2) is 24.3 Å². The number of benzene rings is 1. The highest BCUT2D eigenvalue weighted by atomic mass is 35.5. The van der Waals surface area contributed by atoms with E-state index in [1.165, 1.54) is 0 Å². The van der Waals surface area contributed by atoms with Crippen molar-refractivity contribution in [3.63, 3.8) is 0 Å². The molecule has 0 saturated heterocycles. The Hall–Kier alpha value is -1.02. The maximum atomic E-state index is 10.8. The molecule has 0 fully saturated rings. The van der Waals surface area contributed by atoms with Gasteiger partial charge in [0.2, 0.25) is 0 Å². The molecule has 2 nitrogen and oxygen atoms in total. The molecule has 1 aromatic carbocycles. The molecule has 0 aliphatic carbocycles. The molecule has 0 heterocycles. The molecule has 15 heavy (non-hydrogen) atoms. The lowest BCUT2D eigenvalue weighted by Gasteiger charge is -2.15. The van der Waals surface area contributed by atoms with Gasteiger partial charge in [0.1, 0.15) is 0 Å². The van der Waals surface area contributed by atoms with Gasteiger partial charge in [-0.1, -0.05) is 37.6 Å². The highest BCUT2D eigenvalue weighted by Gasteiger charge is 2.19. The summed E-state index contributed by atoms with van der Waals surface area (Å²) >= 11 is 5.85. The van der Waals surface area contributed by atoms with E-state index < -0.39 is 5.97 Å². The number of halogens is 1. The van der Waals surface area contributed by atoms with E-state index in [0.29, 0.717) is 5.02 Å². The van der Waals surface area contributed by atoms with Gasteiger partial charge in [0.15, 0.2) is 0 Å². The van der Waals surface area contributed by atoms with E-state index >= 15 is 0 Å². The summed E-state index contributed by atoms with van der Waals surface area (Å²) < 4.78 is 0. The van der Waals surface area contributed by atoms with Crippen LogP contribution in [0, 0.1) is 11.8 Å². The molecule has 0 saturated carbocycles. The summed E-state index contributed by atoms with van der Waals surface area (Å²) in [7, 11) is 0. The molecular formula is C12H15ClO2. The van der Waals surface area contributed by atoms with Crippen LogP contribution in [-0.4, -0.2) is 11.1 Å². The highest BCUT2D eigenvalue weighted by Crippen LogP contribution is 2.19. The second-order valence-corrected chi connectivity index (χ2v) is 4.37. The Morgan fingerprint density at radius 2 is 2.13 bits per heavy atom. The van der Waals surface area contributed by atoms with E-state index in [1.807, 2.05) is 31.2 Å². The summed E-state index contributed by atoms with van der Waals surface area (Å²) in [5.41, 5.74) is 1.09. The molecule has 1 aromatic rings. The predicted molar refractivity (Wildman–Crippen MR) is 61.1 cm³/mol. The Bertz CT molecular complexity index is 349. The summed E-state index contributed by atoms with van der Waals surface area (Å²) in [6, 6.07) is 7.55. The van der Waals surface area contributed by atoms with Gasteiger partial charge in [-0.15, -0.1) is 0 Å². The fourth-order valence-corrected chi connectivity index (χ4v) is 1.67. The number of carboxylic acids is 1. The summed E-state index contributed by atoms with van der Waals surface area (Å²) in [6.07, 6.45) is 0.744. The maximum Gasteiger partial charge on any atom is 0.306 e. The second kappa shape index (κ2) is 5.17. The topological polar surface area (TPSA) is 37.3 Å². The van der Waals surface area contributed by atoms with E-state index in [0.717, 1.165) is 12.0 Å². The van der Waals surface area contributed by atoms with Gasteiger partial charge in [-0.3, -0.25) is 4.79 Å². The molecule has 0 amide bonds. The number of rotatable bonds is 4. The minimum absolute atomic E-state index is 0.112. The number of carboxylic acid groups (broad SMARTS) is 1. The van der Waals surface area contributed by atoms with E-state index in [2.05, 4.69) is 0 Å². The molecule has 2 unspecified atom stereocenters. The number of hydrogen-bond acceptors (Lipinski definition) is 1. The van der Waals surface area contributed by atoms with Crippen molar-refractivity contribution >= 4 is 17.6 Å². The first-order valence-electron chi connectivity index (χ1n) is 4.98. The zero-order chi connectivity index (χ0) is 11.4. The van der Waals surface area contributed by atoms with Gasteiger partial charge in [0.25, 0.3) is 0 Å². The third-order valence-electron chi connectivity index (χ3n) is 2.69. The van der Waals surface area contributed by atoms with Crippen molar-refractivity contribution in [3.05, 3.63) is 34.9 Å². The van der Waals surface area contributed by atoms with Gasteiger partial charge in [-0.25, -0.2) is 0 Å². The smallest absolute Gasteiger partial charge is 0.306 e. The van der Waals surface area contributed by atoms with Crippen LogP contribution < -0.4 is 0 Å². The molecule has 3 heteroatoms. The normalized spacial score (nSPS) is 14.6. The van der Waals surface area contributed by atoms with Crippen LogP contribution in [0.25, 0.3) is 0 Å². The van der Waals surface area contributed by atoms with Crippen LogP contribution in [0.2, 0.25) is 5.02 Å². The van der Waals surface area contributed by atoms with Crippen LogP contribution in [0.3, 0.4) is 0 Å². The van der Waals surface area contributed by atoms with Gasteiger partial charge < -0.3 is 5.11 Å². The molecule has 82 valence electrons. The van der Waals surface area contributed by atoms with Crippen molar-refractivity contribution in [2.24, 2.45) is 11.8 Å². The van der Waals surface area contributed by atoms with Crippen molar-refractivity contribution in [1.29, 1.82) is 0 Å². The summed E-state index contributed by atoms with van der Waals surface area (Å²) in [5, 5.41) is 9.56. The first kappa shape index (κ1) is 12.1. The first-order valence-corrected chi connectivity index (χ1v) is 5.35. The molecule has 1 rings (SSSR count). The Morgan fingerprint density at radius 1 is 1.47 bits per heavy atom. The third-order valence-corrected chi connectivity index (χ3v) is 2.92. The first-order chi connectivity index (χ1) is 7.00. The minimum Gasteiger partial charge on any atom is -0.481 e. The molecule has 0 bridgehead atoms. The lowest BCUT2D eigenvalue weighted by atomic mass is 9.90. The fourth-order valence-electron chi connectivity index (χ4n) is 1.46. The van der Waals surface area contributed by atoms with Crippen LogP contribution in [0.1, 0.15) is 19.4 Å². The van der Waals surface area contributed by atoms with Crippen LogP contribution in [0.5, 0.6) is 0 Å². The highest BCUT2D eigenvalue weighted by molar-refractivity contribution is 6.30. The van der Waals surface area contributed by atoms with Crippen molar-refractivity contribution in [1.82, 2.24) is 0 Å².